The summed E-state index contributed by atoms with van der Waals surface area (Å²) in [6.07, 6.45) is 6.44. The molecule has 1 aromatic rings. The van der Waals surface area contributed by atoms with E-state index in [1.54, 1.807) is 0 Å². The van der Waals surface area contributed by atoms with Crippen LogP contribution in [-0.2, 0) is 0 Å². The molecule has 1 aromatic carbocycles. The summed E-state index contributed by atoms with van der Waals surface area (Å²) < 4.78 is 5.71. The minimum Gasteiger partial charge on any atom is -0.492 e. The molecule has 0 saturated heterocycles. The lowest BCUT2D eigenvalue weighted by molar-refractivity contribution is 0.305. The Kier molecular flexibility index (Phi) is 7.61. The average molecular weight is 282 g/mol. The number of allylic oxidation sites excluding steroid dienone is 1. The fourth-order valence-corrected chi connectivity index (χ4v) is 2.06. The first-order chi connectivity index (χ1) is 9.19. The maximum Gasteiger partial charge on any atom is 0.137 e. The Morgan fingerprint density at radius 1 is 1.37 bits per heavy atom. The Labute approximate surface area is 121 Å². The number of unbranched alkanes of at least 4 members (excludes halogenated alkanes) is 3. The molecule has 0 heterocycles. The van der Waals surface area contributed by atoms with Gasteiger partial charge in [0.25, 0.3) is 0 Å². The van der Waals surface area contributed by atoms with Gasteiger partial charge in [0.2, 0.25) is 0 Å². The summed E-state index contributed by atoms with van der Waals surface area (Å²) in [6, 6.07) is 6.27. The van der Waals surface area contributed by atoms with E-state index in [1.807, 2.05) is 25.3 Å². The van der Waals surface area contributed by atoms with Crippen LogP contribution in [0.15, 0.2) is 30.9 Å². The number of rotatable bonds is 9. The molecule has 0 fully saturated rings. The highest BCUT2D eigenvalue weighted by molar-refractivity contribution is 6.32. The number of hydrogen-bond acceptors (Lipinski definition) is 2. The molecule has 0 aliphatic rings. The smallest absolute Gasteiger partial charge is 0.137 e. The van der Waals surface area contributed by atoms with Gasteiger partial charge in [-0.2, -0.15) is 0 Å². The number of ether oxygens (including phenoxy) is 1. The third kappa shape index (κ3) is 5.66. The van der Waals surface area contributed by atoms with Crippen molar-refractivity contribution in [2.45, 2.75) is 38.6 Å². The monoisotopic (exact) mass is 281 g/mol. The van der Waals surface area contributed by atoms with Crippen LogP contribution in [0, 0.1) is 0 Å². The zero-order valence-corrected chi connectivity index (χ0v) is 12.7. The summed E-state index contributed by atoms with van der Waals surface area (Å²) in [5.41, 5.74) is 1.17. The second kappa shape index (κ2) is 9.00. The molecule has 0 aliphatic heterocycles. The summed E-state index contributed by atoms with van der Waals surface area (Å²) in [7, 11) is 1.94. The van der Waals surface area contributed by atoms with Crippen LogP contribution in [0.25, 0.3) is 0 Å². The van der Waals surface area contributed by atoms with Crippen LogP contribution >= 0.6 is 11.6 Å². The normalized spacial score (nSPS) is 12.2. The maximum atomic E-state index is 6.23. The van der Waals surface area contributed by atoms with Crippen molar-refractivity contribution >= 4 is 11.6 Å². The van der Waals surface area contributed by atoms with Crippen LogP contribution in [0.4, 0.5) is 0 Å². The molecule has 0 amide bonds. The summed E-state index contributed by atoms with van der Waals surface area (Å²) in [4.78, 5) is 0. The Morgan fingerprint density at radius 2 is 2.16 bits per heavy atom. The summed E-state index contributed by atoms with van der Waals surface area (Å²) in [6.45, 7) is 6.54. The Balaban J connectivity index is 2.40. The van der Waals surface area contributed by atoms with Gasteiger partial charge < -0.3 is 10.1 Å². The third-order valence-corrected chi connectivity index (χ3v) is 3.49. The Morgan fingerprint density at radius 3 is 2.79 bits per heavy atom. The molecular weight excluding hydrogens is 258 g/mol. The van der Waals surface area contributed by atoms with Crippen LogP contribution in [0.3, 0.4) is 0 Å². The van der Waals surface area contributed by atoms with Gasteiger partial charge in [0, 0.05) is 6.04 Å². The predicted octanol–water partition coefficient (Wildman–Crippen LogP) is 4.75. The van der Waals surface area contributed by atoms with E-state index in [4.69, 9.17) is 16.3 Å². The lowest BCUT2D eigenvalue weighted by Gasteiger charge is -2.13. The zero-order valence-electron chi connectivity index (χ0n) is 11.9. The minimum absolute atomic E-state index is 0.297. The van der Waals surface area contributed by atoms with E-state index in [-0.39, 0.29) is 0 Å². The van der Waals surface area contributed by atoms with Crippen molar-refractivity contribution in [3.63, 3.8) is 0 Å². The molecule has 3 heteroatoms. The summed E-state index contributed by atoms with van der Waals surface area (Å²) in [5, 5.41) is 3.88. The molecule has 19 heavy (non-hydrogen) atoms. The van der Waals surface area contributed by atoms with E-state index >= 15 is 0 Å². The van der Waals surface area contributed by atoms with Crippen molar-refractivity contribution in [3.8, 4) is 5.75 Å². The first-order valence-corrected chi connectivity index (χ1v) is 7.27. The Hall–Kier alpha value is -0.990. The fraction of sp³-hybridized carbons (Fsp3) is 0.500. The van der Waals surface area contributed by atoms with Gasteiger partial charge in [-0.1, -0.05) is 23.7 Å². The van der Waals surface area contributed by atoms with Crippen LogP contribution in [0.1, 0.15) is 44.2 Å². The molecule has 1 atom stereocenters. The van der Waals surface area contributed by atoms with Gasteiger partial charge in [0.1, 0.15) is 5.75 Å². The second-order valence-corrected chi connectivity index (χ2v) is 5.09. The van der Waals surface area contributed by atoms with E-state index in [0.29, 0.717) is 11.1 Å². The van der Waals surface area contributed by atoms with E-state index in [2.05, 4.69) is 24.9 Å². The lowest BCUT2D eigenvalue weighted by Crippen LogP contribution is -2.12. The van der Waals surface area contributed by atoms with Gasteiger partial charge in [-0.05, 0) is 57.4 Å². The van der Waals surface area contributed by atoms with Gasteiger partial charge in [0.15, 0.2) is 0 Å². The molecule has 2 nitrogen and oxygen atoms in total. The molecule has 1 N–H and O–H groups in total. The van der Waals surface area contributed by atoms with E-state index in [0.717, 1.165) is 25.2 Å². The predicted molar refractivity (Wildman–Crippen MR) is 83.1 cm³/mol. The molecule has 0 aliphatic carbocycles. The molecule has 0 spiro atoms. The summed E-state index contributed by atoms with van der Waals surface area (Å²) in [5.74, 6) is 0.775. The average Bonchev–Trinajstić information content (AvgIpc) is 2.43. The molecule has 0 bridgehead atoms. The molecular formula is C16H24ClNO. The van der Waals surface area contributed by atoms with Gasteiger partial charge in [-0.15, -0.1) is 6.58 Å². The van der Waals surface area contributed by atoms with Crippen molar-refractivity contribution in [2.75, 3.05) is 13.7 Å². The second-order valence-electron chi connectivity index (χ2n) is 4.69. The van der Waals surface area contributed by atoms with Crippen molar-refractivity contribution < 1.29 is 4.74 Å². The van der Waals surface area contributed by atoms with E-state index in [9.17, 15) is 0 Å². The SMILES string of the molecule is C=CCCCCCOc1ccc(C(C)NC)cc1Cl. The summed E-state index contributed by atoms with van der Waals surface area (Å²) >= 11 is 6.23. The van der Waals surface area contributed by atoms with Crippen molar-refractivity contribution in [3.05, 3.63) is 41.4 Å². The lowest BCUT2D eigenvalue weighted by atomic mass is 10.1. The van der Waals surface area contributed by atoms with E-state index < -0.39 is 0 Å². The standard InChI is InChI=1S/C16H24ClNO/c1-4-5-6-7-8-11-19-16-10-9-14(12-15(16)17)13(2)18-3/h4,9-10,12-13,18H,1,5-8,11H2,2-3H3. The number of halogens is 1. The van der Waals surface area contributed by atoms with Gasteiger partial charge in [-0.25, -0.2) is 0 Å². The highest BCUT2D eigenvalue weighted by atomic mass is 35.5. The third-order valence-electron chi connectivity index (χ3n) is 3.20. The maximum absolute atomic E-state index is 6.23. The number of benzene rings is 1. The quantitative estimate of drug-likeness (QED) is 0.521. The number of nitrogens with one attached hydrogen (secondary N) is 1. The Bertz CT molecular complexity index is 392. The van der Waals surface area contributed by atoms with Gasteiger partial charge in [-0.3, -0.25) is 0 Å². The van der Waals surface area contributed by atoms with E-state index in [1.165, 1.54) is 18.4 Å². The van der Waals surface area contributed by atoms with Crippen LogP contribution in [-0.4, -0.2) is 13.7 Å². The van der Waals surface area contributed by atoms with Crippen LogP contribution in [0.2, 0.25) is 5.02 Å². The van der Waals surface area contributed by atoms with Crippen molar-refractivity contribution in [1.82, 2.24) is 5.32 Å². The number of hydrogen-bond donors (Lipinski definition) is 1. The zero-order chi connectivity index (χ0) is 14.1. The molecule has 106 valence electrons. The molecule has 1 rings (SSSR count). The largest absolute Gasteiger partial charge is 0.492 e. The topological polar surface area (TPSA) is 21.3 Å². The molecule has 0 saturated carbocycles. The van der Waals surface area contributed by atoms with Gasteiger partial charge >= 0.3 is 0 Å². The van der Waals surface area contributed by atoms with Crippen molar-refractivity contribution in [2.24, 2.45) is 0 Å². The highest BCUT2D eigenvalue weighted by Gasteiger charge is 2.07. The molecule has 0 aromatic heterocycles. The fourth-order valence-electron chi connectivity index (χ4n) is 1.82. The van der Waals surface area contributed by atoms with Crippen molar-refractivity contribution in [1.29, 1.82) is 0 Å². The minimum atomic E-state index is 0.297. The highest BCUT2D eigenvalue weighted by Crippen LogP contribution is 2.28. The van der Waals surface area contributed by atoms with Gasteiger partial charge in [0.05, 0.1) is 11.6 Å². The van der Waals surface area contributed by atoms with Crippen LogP contribution in [0.5, 0.6) is 5.75 Å². The molecule has 0 radical (unpaired) electrons. The first kappa shape index (κ1) is 16.1. The first-order valence-electron chi connectivity index (χ1n) is 6.89. The molecule has 1 unspecified atom stereocenters. The van der Waals surface area contributed by atoms with Crippen LogP contribution < -0.4 is 10.1 Å².